The number of carboxylic acids is 1. The van der Waals surface area contributed by atoms with Crippen LogP contribution in [0.4, 0.5) is 4.39 Å². The normalized spacial score (nSPS) is 14.3. The van der Waals surface area contributed by atoms with Crippen molar-refractivity contribution in [2.75, 3.05) is 0 Å². The average Bonchev–Trinajstić information content (AvgIpc) is 2.89. The Hall–Kier alpha value is -2.43. The molecule has 0 radical (unpaired) electrons. The SMILES string of the molecule is O=C(O)/C=C/c1c(F)cccc1-n1cnc2c1CCCC2. The van der Waals surface area contributed by atoms with Crippen molar-refractivity contribution < 1.29 is 14.3 Å². The van der Waals surface area contributed by atoms with Crippen LogP contribution in [0.15, 0.2) is 30.6 Å². The summed E-state index contributed by atoms with van der Waals surface area (Å²) in [6, 6.07) is 4.73. The fourth-order valence-corrected chi connectivity index (χ4v) is 2.73. The Morgan fingerprint density at radius 3 is 2.95 bits per heavy atom. The molecule has 5 heteroatoms. The highest BCUT2D eigenvalue weighted by Crippen LogP contribution is 2.26. The van der Waals surface area contributed by atoms with Gasteiger partial charge in [0.25, 0.3) is 0 Å². The molecule has 0 amide bonds. The highest BCUT2D eigenvalue weighted by atomic mass is 19.1. The molecule has 1 aromatic carbocycles. The van der Waals surface area contributed by atoms with Gasteiger partial charge in [-0.2, -0.15) is 0 Å². The number of aryl methyl sites for hydroxylation is 1. The van der Waals surface area contributed by atoms with E-state index in [1.165, 1.54) is 12.1 Å². The van der Waals surface area contributed by atoms with Crippen molar-refractivity contribution in [1.82, 2.24) is 9.55 Å². The number of aromatic nitrogens is 2. The molecule has 2 aromatic rings. The number of nitrogens with zero attached hydrogens (tertiary/aromatic N) is 2. The predicted octanol–water partition coefficient (Wildman–Crippen LogP) is 2.99. The Kier molecular flexibility index (Phi) is 3.56. The summed E-state index contributed by atoms with van der Waals surface area (Å²) < 4.78 is 15.9. The van der Waals surface area contributed by atoms with Gasteiger partial charge < -0.3 is 9.67 Å². The summed E-state index contributed by atoms with van der Waals surface area (Å²) in [5, 5.41) is 8.75. The van der Waals surface area contributed by atoms with Gasteiger partial charge >= 0.3 is 5.97 Å². The Balaban J connectivity index is 2.12. The molecule has 21 heavy (non-hydrogen) atoms. The smallest absolute Gasteiger partial charge is 0.328 e. The van der Waals surface area contributed by atoms with E-state index in [0.29, 0.717) is 5.69 Å². The van der Waals surface area contributed by atoms with Gasteiger partial charge in [-0.1, -0.05) is 6.07 Å². The van der Waals surface area contributed by atoms with E-state index in [2.05, 4.69) is 4.98 Å². The van der Waals surface area contributed by atoms with Gasteiger partial charge in [-0.05, 0) is 43.9 Å². The van der Waals surface area contributed by atoms with Crippen LogP contribution in [0.3, 0.4) is 0 Å². The highest BCUT2D eigenvalue weighted by Gasteiger charge is 2.18. The molecule has 0 spiro atoms. The number of hydrogen-bond donors (Lipinski definition) is 1. The molecule has 1 N–H and O–H groups in total. The molecule has 0 fully saturated rings. The molecule has 0 saturated carbocycles. The number of carboxylic acid groups (broad SMARTS) is 1. The van der Waals surface area contributed by atoms with Crippen LogP contribution in [0, 0.1) is 5.82 Å². The van der Waals surface area contributed by atoms with Crippen molar-refractivity contribution >= 4 is 12.0 Å². The number of halogens is 1. The van der Waals surface area contributed by atoms with Crippen LogP contribution in [0.25, 0.3) is 11.8 Å². The van der Waals surface area contributed by atoms with Crippen LogP contribution < -0.4 is 0 Å². The van der Waals surface area contributed by atoms with Crippen LogP contribution >= 0.6 is 0 Å². The van der Waals surface area contributed by atoms with Gasteiger partial charge in [0.15, 0.2) is 0 Å². The zero-order chi connectivity index (χ0) is 14.8. The van der Waals surface area contributed by atoms with Gasteiger partial charge in [0.1, 0.15) is 5.82 Å². The molecule has 0 bridgehead atoms. The summed E-state index contributed by atoms with van der Waals surface area (Å²) in [4.78, 5) is 15.1. The van der Waals surface area contributed by atoms with E-state index in [1.54, 1.807) is 18.5 Å². The van der Waals surface area contributed by atoms with Crippen molar-refractivity contribution in [1.29, 1.82) is 0 Å². The number of imidazole rings is 1. The van der Waals surface area contributed by atoms with Crippen LogP contribution in [-0.4, -0.2) is 20.6 Å². The van der Waals surface area contributed by atoms with Crippen molar-refractivity contribution in [3.8, 4) is 5.69 Å². The lowest BCUT2D eigenvalue weighted by Crippen LogP contribution is -2.08. The minimum Gasteiger partial charge on any atom is -0.478 e. The van der Waals surface area contributed by atoms with Gasteiger partial charge in [-0.3, -0.25) is 0 Å². The Morgan fingerprint density at radius 1 is 1.33 bits per heavy atom. The van der Waals surface area contributed by atoms with Crippen LogP contribution in [0.1, 0.15) is 29.8 Å². The minimum absolute atomic E-state index is 0.269. The highest BCUT2D eigenvalue weighted by molar-refractivity contribution is 5.86. The van der Waals surface area contributed by atoms with E-state index in [4.69, 9.17) is 5.11 Å². The molecule has 0 atom stereocenters. The molecule has 3 rings (SSSR count). The van der Waals surface area contributed by atoms with Crippen LogP contribution in [0.5, 0.6) is 0 Å². The predicted molar refractivity (Wildman–Crippen MR) is 76.8 cm³/mol. The second-order valence-corrected chi connectivity index (χ2v) is 5.06. The summed E-state index contributed by atoms with van der Waals surface area (Å²) in [6.45, 7) is 0. The molecule has 1 aliphatic rings. The summed E-state index contributed by atoms with van der Waals surface area (Å²) in [5.41, 5.74) is 3.05. The third-order valence-corrected chi connectivity index (χ3v) is 3.71. The average molecular weight is 286 g/mol. The lowest BCUT2D eigenvalue weighted by Gasteiger charge is -2.16. The van der Waals surface area contributed by atoms with Gasteiger partial charge in [0, 0.05) is 17.3 Å². The lowest BCUT2D eigenvalue weighted by molar-refractivity contribution is -0.131. The molecule has 4 nitrogen and oxygen atoms in total. The monoisotopic (exact) mass is 286 g/mol. The van der Waals surface area contributed by atoms with E-state index in [0.717, 1.165) is 43.1 Å². The van der Waals surface area contributed by atoms with E-state index < -0.39 is 11.8 Å². The van der Waals surface area contributed by atoms with Gasteiger partial charge in [-0.15, -0.1) is 0 Å². The third kappa shape index (κ3) is 2.59. The fourth-order valence-electron chi connectivity index (χ4n) is 2.73. The zero-order valence-electron chi connectivity index (χ0n) is 11.4. The topological polar surface area (TPSA) is 55.1 Å². The molecular weight excluding hydrogens is 271 g/mol. The Morgan fingerprint density at radius 2 is 2.14 bits per heavy atom. The van der Waals surface area contributed by atoms with Crippen molar-refractivity contribution in [2.45, 2.75) is 25.7 Å². The Labute approximate surface area is 121 Å². The first kappa shape index (κ1) is 13.5. The first-order chi connectivity index (χ1) is 10.2. The summed E-state index contributed by atoms with van der Waals surface area (Å²) in [5.74, 6) is -1.54. The molecule has 0 unspecified atom stereocenters. The second-order valence-electron chi connectivity index (χ2n) is 5.06. The van der Waals surface area contributed by atoms with Crippen molar-refractivity contribution in [3.63, 3.8) is 0 Å². The quantitative estimate of drug-likeness (QED) is 0.882. The number of rotatable bonds is 3. The van der Waals surface area contributed by atoms with Crippen LogP contribution in [0.2, 0.25) is 0 Å². The maximum Gasteiger partial charge on any atom is 0.328 e. The number of aliphatic carboxylic acids is 1. The van der Waals surface area contributed by atoms with Crippen molar-refractivity contribution in [2.24, 2.45) is 0 Å². The first-order valence-electron chi connectivity index (χ1n) is 6.92. The van der Waals surface area contributed by atoms with Crippen molar-refractivity contribution in [3.05, 3.63) is 53.4 Å². The summed E-state index contributed by atoms with van der Waals surface area (Å²) >= 11 is 0. The zero-order valence-corrected chi connectivity index (χ0v) is 11.4. The molecule has 1 aromatic heterocycles. The molecule has 1 heterocycles. The maximum absolute atomic E-state index is 14.0. The minimum atomic E-state index is -1.10. The van der Waals surface area contributed by atoms with Gasteiger partial charge in [0.05, 0.1) is 17.7 Å². The summed E-state index contributed by atoms with van der Waals surface area (Å²) in [7, 11) is 0. The molecule has 0 aliphatic heterocycles. The summed E-state index contributed by atoms with van der Waals surface area (Å²) in [6.07, 6.45) is 8.01. The molecule has 0 saturated heterocycles. The van der Waals surface area contributed by atoms with E-state index in [1.807, 2.05) is 4.57 Å². The maximum atomic E-state index is 14.0. The second kappa shape index (κ2) is 5.52. The largest absolute Gasteiger partial charge is 0.478 e. The molecular formula is C16H15FN2O2. The van der Waals surface area contributed by atoms with E-state index >= 15 is 0 Å². The molecule has 1 aliphatic carbocycles. The molecule has 108 valence electrons. The third-order valence-electron chi connectivity index (χ3n) is 3.71. The number of hydrogen-bond acceptors (Lipinski definition) is 2. The Bertz CT molecular complexity index is 719. The lowest BCUT2D eigenvalue weighted by atomic mass is 10.0. The first-order valence-corrected chi connectivity index (χ1v) is 6.92. The van der Waals surface area contributed by atoms with Crippen LogP contribution in [-0.2, 0) is 17.6 Å². The van der Waals surface area contributed by atoms with E-state index in [9.17, 15) is 9.18 Å². The number of fused-ring (bicyclic) bond motifs is 1. The van der Waals surface area contributed by atoms with Gasteiger partial charge in [0.2, 0.25) is 0 Å². The van der Waals surface area contributed by atoms with Gasteiger partial charge in [-0.25, -0.2) is 14.2 Å². The number of benzene rings is 1. The van der Waals surface area contributed by atoms with E-state index in [-0.39, 0.29) is 5.56 Å². The fraction of sp³-hybridized carbons (Fsp3) is 0.250. The standard InChI is InChI=1S/C16H15FN2O2/c17-12-4-3-7-14(11(12)8-9-16(20)21)19-10-18-13-5-1-2-6-15(13)19/h3-4,7-10H,1-2,5-6H2,(H,20,21)/b9-8+. The number of carbonyl (C=O) groups is 1.